The maximum Gasteiger partial charge on any atom is 0.0741 e. The Labute approximate surface area is 118 Å². The van der Waals surface area contributed by atoms with Gasteiger partial charge in [-0.2, -0.15) is 0 Å². The standard InChI is InChI=1S/C17H29NO/c1-7-17(6,19)12-18-13(2)14-8-10-15(11-9-14)16(3,4)5/h8-11,13,18-19H,7,12H2,1-6H3. The molecule has 2 atom stereocenters. The lowest BCUT2D eigenvalue weighted by Gasteiger charge is -2.25. The minimum Gasteiger partial charge on any atom is -0.389 e. The molecule has 2 heteroatoms. The highest BCUT2D eigenvalue weighted by atomic mass is 16.3. The van der Waals surface area contributed by atoms with Crippen molar-refractivity contribution in [3.8, 4) is 0 Å². The van der Waals surface area contributed by atoms with Crippen molar-refractivity contribution in [2.75, 3.05) is 6.54 Å². The van der Waals surface area contributed by atoms with Crippen LogP contribution in [0.15, 0.2) is 24.3 Å². The minimum absolute atomic E-state index is 0.196. The number of hydrogen-bond acceptors (Lipinski definition) is 2. The highest BCUT2D eigenvalue weighted by Gasteiger charge is 2.19. The zero-order chi connectivity index (χ0) is 14.7. The smallest absolute Gasteiger partial charge is 0.0741 e. The van der Waals surface area contributed by atoms with Crippen molar-refractivity contribution in [3.05, 3.63) is 35.4 Å². The van der Waals surface area contributed by atoms with E-state index in [1.165, 1.54) is 11.1 Å². The molecule has 1 aromatic carbocycles. The summed E-state index contributed by atoms with van der Waals surface area (Å²) in [5.41, 5.74) is 2.18. The Morgan fingerprint density at radius 3 is 2.05 bits per heavy atom. The van der Waals surface area contributed by atoms with Crippen molar-refractivity contribution >= 4 is 0 Å². The lowest BCUT2D eigenvalue weighted by atomic mass is 9.86. The monoisotopic (exact) mass is 263 g/mol. The molecule has 0 aliphatic carbocycles. The van der Waals surface area contributed by atoms with Gasteiger partial charge in [-0.1, -0.05) is 52.0 Å². The molecule has 2 N–H and O–H groups in total. The molecule has 108 valence electrons. The average molecular weight is 263 g/mol. The molecule has 0 aliphatic heterocycles. The van der Waals surface area contributed by atoms with Gasteiger partial charge in [-0.05, 0) is 36.8 Å². The van der Waals surface area contributed by atoms with Gasteiger partial charge in [-0.15, -0.1) is 0 Å². The summed E-state index contributed by atoms with van der Waals surface area (Å²) in [7, 11) is 0. The summed E-state index contributed by atoms with van der Waals surface area (Å²) < 4.78 is 0. The van der Waals surface area contributed by atoms with Gasteiger partial charge in [0.05, 0.1) is 5.60 Å². The molecule has 0 spiro atoms. The molecule has 1 aromatic rings. The van der Waals surface area contributed by atoms with Crippen molar-refractivity contribution in [2.24, 2.45) is 0 Å². The van der Waals surface area contributed by atoms with Gasteiger partial charge >= 0.3 is 0 Å². The molecule has 0 bridgehead atoms. The van der Waals surface area contributed by atoms with Crippen LogP contribution < -0.4 is 5.32 Å². The van der Waals surface area contributed by atoms with Crippen molar-refractivity contribution < 1.29 is 5.11 Å². The maximum atomic E-state index is 10.0. The highest BCUT2D eigenvalue weighted by Crippen LogP contribution is 2.24. The molecule has 1 rings (SSSR count). The first-order chi connectivity index (χ1) is 8.65. The third kappa shape index (κ3) is 4.96. The zero-order valence-corrected chi connectivity index (χ0v) is 13.2. The largest absolute Gasteiger partial charge is 0.389 e. The van der Waals surface area contributed by atoms with Crippen LogP contribution in [0.1, 0.15) is 65.1 Å². The lowest BCUT2D eigenvalue weighted by Crippen LogP contribution is -2.38. The maximum absolute atomic E-state index is 10.0. The van der Waals surface area contributed by atoms with E-state index in [0.29, 0.717) is 6.54 Å². The summed E-state index contributed by atoms with van der Waals surface area (Å²) in [6.45, 7) is 13.3. The van der Waals surface area contributed by atoms with E-state index >= 15 is 0 Å². The molecule has 0 saturated carbocycles. The molecular formula is C17H29NO. The van der Waals surface area contributed by atoms with Gasteiger partial charge < -0.3 is 10.4 Å². The lowest BCUT2D eigenvalue weighted by molar-refractivity contribution is 0.0533. The van der Waals surface area contributed by atoms with Crippen molar-refractivity contribution in [1.29, 1.82) is 0 Å². The molecular weight excluding hydrogens is 234 g/mol. The summed E-state index contributed by atoms with van der Waals surface area (Å²) in [5.74, 6) is 0. The van der Waals surface area contributed by atoms with Crippen LogP contribution in [0, 0.1) is 0 Å². The Morgan fingerprint density at radius 2 is 1.63 bits per heavy atom. The van der Waals surface area contributed by atoms with E-state index in [9.17, 15) is 5.11 Å². The first-order valence-electron chi connectivity index (χ1n) is 7.22. The van der Waals surface area contributed by atoms with E-state index in [1.807, 2.05) is 13.8 Å². The summed E-state index contributed by atoms with van der Waals surface area (Å²) >= 11 is 0. The molecule has 0 aromatic heterocycles. The fraction of sp³-hybridized carbons (Fsp3) is 0.647. The van der Waals surface area contributed by atoms with Crippen LogP contribution in [-0.4, -0.2) is 17.3 Å². The topological polar surface area (TPSA) is 32.3 Å². The Kier molecular flexibility index (Phi) is 5.17. The Hall–Kier alpha value is -0.860. The van der Waals surface area contributed by atoms with Crippen molar-refractivity contribution in [1.82, 2.24) is 5.32 Å². The number of nitrogens with one attached hydrogen (secondary N) is 1. The van der Waals surface area contributed by atoms with Crippen LogP contribution in [0.2, 0.25) is 0 Å². The van der Waals surface area contributed by atoms with Gasteiger partial charge in [0.1, 0.15) is 0 Å². The molecule has 2 nitrogen and oxygen atoms in total. The SMILES string of the molecule is CCC(C)(O)CNC(C)c1ccc(C(C)(C)C)cc1. The van der Waals surface area contributed by atoms with E-state index < -0.39 is 5.60 Å². The van der Waals surface area contributed by atoms with Crippen molar-refractivity contribution in [3.63, 3.8) is 0 Å². The second kappa shape index (κ2) is 6.06. The van der Waals surface area contributed by atoms with E-state index in [2.05, 4.69) is 57.3 Å². The van der Waals surface area contributed by atoms with Crippen molar-refractivity contribution in [2.45, 2.75) is 65.0 Å². The third-order valence-corrected chi connectivity index (χ3v) is 3.83. The first kappa shape index (κ1) is 16.2. The molecule has 2 unspecified atom stereocenters. The second-order valence-electron chi connectivity index (χ2n) is 6.83. The van der Waals surface area contributed by atoms with Crippen LogP contribution in [0.3, 0.4) is 0 Å². The molecule has 0 radical (unpaired) electrons. The molecule has 0 fully saturated rings. The van der Waals surface area contributed by atoms with Crippen LogP contribution in [0.25, 0.3) is 0 Å². The first-order valence-corrected chi connectivity index (χ1v) is 7.22. The van der Waals surface area contributed by atoms with Crippen LogP contribution >= 0.6 is 0 Å². The van der Waals surface area contributed by atoms with Gasteiger partial charge in [-0.3, -0.25) is 0 Å². The summed E-state index contributed by atoms with van der Waals surface area (Å²) in [4.78, 5) is 0. The minimum atomic E-state index is -0.625. The fourth-order valence-corrected chi connectivity index (χ4v) is 1.89. The normalized spacial score (nSPS) is 17.0. The molecule has 0 aliphatic rings. The number of benzene rings is 1. The second-order valence-corrected chi connectivity index (χ2v) is 6.83. The van der Waals surface area contributed by atoms with Gasteiger partial charge in [0.2, 0.25) is 0 Å². The molecule has 0 amide bonds. The average Bonchev–Trinajstić information content (AvgIpc) is 2.35. The zero-order valence-electron chi connectivity index (χ0n) is 13.2. The van der Waals surface area contributed by atoms with E-state index in [1.54, 1.807) is 0 Å². The van der Waals surface area contributed by atoms with E-state index in [4.69, 9.17) is 0 Å². The summed E-state index contributed by atoms with van der Waals surface area (Å²) in [6.07, 6.45) is 0.760. The van der Waals surface area contributed by atoms with Gasteiger partial charge in [0.25, 0.3) is 0 Å². The predicted molar refractivity (Wildman–Crippen MR) is 82.5 cm³/mol. The summed E-state index contributed by atoms with van der Waals surface area (Å²) in [6, 6.07) is 9.02. The number of hydrogen-bond donors (Lipinski definition) is 2. The van der Waals surface area contributed by atoms with Gasteiger partial charge in [-0.25, -0.2) is 0 Å². The third-order valence-electron chi connectivity index (χ3n) is 3.83. The number of aliphatic hydroxyl groups is 1. The molecule has 0 heterocycles. The molecule has 0 saturated heterocycles. The van der Waals surface area contributed by atoms with Crippen LogP contribution in [0.4, 0.5) is 0 Å². The fourth-order valence-electron chi connectivity index (χ4n) is 1.89. The van der Waals surface area contributed by atoms with E-state index in [0.717, 1.165) is 6.42 Å². The predicted octanol–water partition coefficient (Wildman–Crippen LogP) is 3.80. The van der Waals surface area contributed by atoms with Crippen LogP contribution in [0.5, 0.6) is 0 Å². The van der Waals surface area contributed by atoms with Gasteiger partial charge in [0.15, 0.2) is 0 Å². The molecule has 19 heavy (non-hydrogen) atoms. The van der Waals surface area contributed by atoms with Crippen LogP contribution in [-0.2, 0) is 5.41 Å². The highest BCUT2D eigenvalue weighted by molar-refractivity contribution is 5.29. The van der Waals surface area contributed by atoms with Gasteiger partial charge in [0, 0.05) is 12.6 Å². The Balaban J connectivity index is 2.66. The number of rotatable bonds is 5. The summed E-state index contributed by atoms with van der Waals surface area (Å²) in [5, 5.41) is 13.4. The Bertz CT molecular complexity index is 387. The Morgan fingerprint density at radius 1 is 1.11 bits per heavy atom. The van der Waals surface area contributed by atoms with E-state index in [-0.39, 0.29) is 11.5 Å². The quantitative estimate of drug-likeness (QED) is 0.847.